The summed E-state index contributed by atoms with van der Waals surface area (Å²) in [5, 5.41) is 2.79. The molecular formula is C19H20N4O2. The molecule has 0 atom stereocenters. The quantitative estimate of drug-likeness (QED) is 0.764. The van der Waals surface area contributed by atoms with Gasteiger partial charge in [0.1, 0.15) is 5.82 Å². The number of nitrogens with zero attached hydrogens (tertiary/aromatic N) is 2. The molecule has 0 fully saturated rings. The fourth-order valence-corrected chi connectivity index (χ4v) is 3.14. The molecule has 128 valence electrons. The smallest absolute Gasteiger partial charge is 0.292 e. The lowest BCUT2D eigenvalue weighted by Crippen LogP contribution is -2.27. The molecule has 4 rings (SSSR count). The van der Waals surface area contributed by atoms with Gasteiger partial charge in [0, 0.05) is 24.8 Å². The molecule has 2 N–H and O–H groups in total. The standard InChI is InChI=1S/C19H20N4O2/c1-2-23-9-7-13(8-10-23)14-12-20-15-5-6-17(21-18(14)15)22-19(24)16-4-3-11-25-16/h3-7,11-12,20H,2,8-10H2,1H3,(H,21,22,24). The minimum atomic E-state index is -0.301. The Morgan fingerprint density at radius 1 is 1.40 bits per heavy atom. The molecular weight excluding hydrogens is 316 g/mol. The Hall–Kier alpha value is -2.86. The van der Waals surface area contributed by atoms with Crippen LogP contribution in [0.1, 0.15) is 29.5 Å². The molecule has 1 aliphatic heterocycles. The number of rotatable bonds is 4. The number of furan rings is 1. The molecule has 1 amide bonds. The van der Waals surface area contributed by atoms with Crippen LogP contribution < -0.4 is 5.32 Å². The number of pyridine rings is 1. The number of carbonyl (C=O) groups is 1. The highest BCUT2D eigenvalue weighted by Gasteiger charge is 2.16. The normalized spacial score (nSPS) is 15.3. The summed E-state index contributed by atoms with van der Waals surface area (Å²) < 4.78 is 5.12. The number of hydrogen-bond acceptors (Lipinski definition) is 4. The predicted octanol–water partition coefficient (Wildman–Crippen LogP) is 3.52. The van der Waals surface area contributed by atoms with Crippen LogP contribution in [0.25, 0.3) is 16.6 Å². The molecule has 0 aliphatic carbocycles. The van der Waals surface area contributed by atoms with E-state index in [0.717, 1.165) is 42.7 Å². The lowest BCUT2D eigenvalue weighted by molar-refractivity contribution is 0.0996. The van der Waals surface area contributed by atoms with E-state index in [0.29, 0.717) is 5.82 Å². The van der Waals surface area contributed by atoms with Crippen LogP contribution in [0.3, 0.4) is 0 Å². The molecule has 4 heterocycles. The topological polar surface area (TPSA) is 74.2 Å². The van der Waals surface area contributed by atoms with Crippen molar-refractivity contribution in [2.24, 2.45) is 0 Å². The second kappa shape index (κ2) is 6.57. The van der Waals surface area contributed by atoms with E-state index in [1.165, 1.54) is 11.8 Å². The first kappa shape index (κ1) is 15.7. The highest BCUT2D eigenvalue weighted by molar-refractivity contribution is 6.02. The Morgan fingerprint density at radius 3 is 3.04 bits per heavy atom. The van der Waals surface area contributed by atoms with E-state index in [4.69, 9.17) is 4.42 Å². The SMILES string of the molecule is CCN1CC=C(c2c[nH]c3ccc(NC(=O)c4ccco4)nc23)CC1. The number of anilines is 1. The summed E-state index contributed by atoms with van der Waals surface area (Å²) in [5.74, 6) is 0.483. The van der Waals surface area contributed by atoms with Crippen LogP contribution in [0.5, 0.6) is 0 Å². The molecule has 6 heteroatoms. The number of aromatic amines is 1. The lowest BCUT2D eigenvalue weighted by Gasteiger charge is -2.24. The first-order chi connectivity index (χ1) is 12.2. The maximum Gasteiger partial charge on any atom is 0.292 e. The Morgan fingerprint density at radius 2 is 2.32 bits per heavy atom. The number of aromatic nitrogens is 2. The minimum Gasteiger partial charge on any atom is -0.459 e. The van der Waals surface area contributed by atoms with Crippen LogP contribution in [0.4, 0.5) is 5.82 Å². The van der Waals surface area contributed by atoms with Gasteiger partial charge >= 0.3 is 0 Å². The fraction of sp³-hybridized carbons (Fsp3) is 0.263. The van der Waals surface area contributed by atoms with Gasteiger partial charge in [0.15, 0.2) is 5.76 Å². The van der Waals surface area contributed by atoms with E-state index in [1.54, 1.807) is 18.2 Å². The molecule has 1 aliphatic rings. The van der Waals surface area contributed by atoms with Crippen molar-refractivity contribution in [1.29, 1.82) is 0 Å². The first-order valence-electron chi connectivity index (χ1n) is 8.49. The van der Waals surface area contributed by atoms with E-state index in [9.17, 15) is 4.79 Å². The highest BCUT2D eigenvalue weighted by atomic mass is 16.3. The van der Waals surface area contributed by atoms with Gasteiger partial charge < -0.3 is 14.7 Å². The van der Waals surface area contributed by atoms with Crippen molar-refractivity contribution in [2.75, 3.05) is 25.0 Å². The van der Waals surface area contributed by atoms with Crippen LogP contribution in [0.2, 0.25) is 0 Å². The maximum absolute atomic E-state index is 12.1. The highest BCUT2D eigenvalue weighted by Crippen LogP contribution is 2.29. The van der Waals surface area contributed by atoms with E-state index < -0.39 is 0 Å². The number of hydrogen-bond donors (Lipinski definition) is 2. The van der Waals surface area contributed by atoms with Gasteiger partial charge in [0.05, 0.1) is 17.3 Å². The summed E-state index contributed by atoms with van der Waals surface area (Å²) in [6.07, 6.45) is 6.75. The number of likely N-dealkylation sites (N-methyl/N-ethyl adjacent to an activating group) is 1. The summed E-state index contributed by atoms with van der Waals surface area (Å²) in [4.78, 5) is 22.4. The molecule has 0 unspecified atom stereocenters. The third kappa shape index (κ3) is 3.08. The van der Waals surface area contributed by atoms with Crippen LogP contribution in [0.15, 0.2) is 47.2 Å². The van der Waals surface area contributed by atoms with Gasteiger partial charge in [-0.2, -0.15) is 0 Å². The first-order valence-corrected chi connectivity index (χ1v) is 8.49. The molecule has 0 bridgehead atoms. The van der Waals surface area contributed by atoms with Gasteiger partial charge in [-0.3, -0.25) is 9.69 Å². The number of H-pyrrole nitrogens is 1. The Kier molecular flexibility index (Phi) is 4.11. The second-order valence-electron chi connectivity index (χ2n) is 6.10. The van der Waals surface area contributed by atoms with Crippen molar-refractivity contribution < 1.29 is 9.21 Å². The van der Waals surface area contributed by atoms with Gasteiger partial charge in [-0.25, -0.2) is 4.98 Å². The van der Waals surface area contributed by atoms with E-state index in [1.807, 2.05) is 12.3 Å². The molecule has 3 aromatic rings. The Bertz CT molecular complexity index is 924. The van der Waals surface area contributed by atoms with E-state index in [-0.39, 0.29) is 11.7 Å². The molecule has 6 nitrogen and oxygen atoms in total. The molecule has 25 heavy (non-hydrogen) atoms. The monoisotopic (exact) mass is 336 g/mol. The maximum atomic E-state index is 12.1. The summed E-state index contributed by atoms with van der Waals surface area (Å²) >= 11 is 0. The average molecular weight is 336 g/mol. The van der Waals surface area contributed by atoms with Crippen molar-refractivity contribution in [2.45, 2.75) is 13.3 Å². The molecule has 0 aromatic carbocycles. The summed E-state index contributed by atoms with van der Waals surface area (Å²) in [6, 6.07) is 7.04. The van der Waals surface area contributed by atoms with Crippen LogP contribution in [-0.4, -0.2) is 40.4 Å². The fourth-order valence-electron chi connectivity index (χ4n) is 3.14. The summed E-state index contributed by atoms with van der Waals surface area (Å²) in [5.41, 5.74) is 4.26. The molecule has 0 spiro atoms. The number of nitrogens with one attached hydrogen (secondary N) is 2. The van der Waals surface area contributed by atoms with Crippen molar-refractivity contribution in [3.8, 4) is 0 Å². The third-order valence-electron chi connectivity index (χ3n) is 4.60. The van der Waals surface area contributed by atoms with Gasteiger partial charge in [0.25, 0.3) is 5.91 Å². The van der Waals surface area contributed by atoms with Gasteiger partial charge in [-0.1, -0.05) is 13.0 Å². The summed E-state index contributed by atoms with van der Waals surface area (Å²) in [7, 11) is 0. The minimum absolute atomic E-state index is 0.269. The van der Waals surface area contributed by atoms with Gasteiger partial charge in [-0.15, -0.1) is 0 Å². The predicted molar refractivity (Wildman–Crippen MR) is 97.5 cm³/mol. The molecule has 3 aromatic heterocycles. The van der Waals surface area contributed by atoms with Crippen molar-refractivity contribution in [1.82, 2.24) is 14.9 Å². The lowest BCUT2D eigenvalue weighted by atomic mass is 10.0. The zero-order valence-corrected chi connectivity index (χ0v) is 14.1. The van der Waals surface area contributed by atoms with Crippen molar-refractivity contribution in [3.05, 3.63) is 54.1 Å². The number of fused-ring (bicyclic) bond motifs is 1. The number of amides is 1. The largest absolute Gasteiger partial charge is 0.459 e. The Balaban J connectivity index is 1.62. The summed E-state index contributed by atoms with van der Waals surface area (Å²) in [6.45, 7) is 5.27. The third-order valence-corrected chi connectivity index (χ3v) is 4.60. The molecule has 0 radical (unpaired) electrons. The van der Waals surface area contributed by atoms with Crippen LogP contribution in [-0.2, 0) is 0 Å². The zero-order chi connectivity index (χ0) is 17.2. The number of carbonyl (C=O) groups excluding carboxylic acids is 1. The van der Waals surface area contributed by atoms with Gasteiger partial charge in [0.2, 0.25) is 0 Å². The molecule has 0 saturated heterocycles. The van der Waals surface area contributed by atoms with Gasteiger partial charge in [-0.05, 0) is 42.8 Å². The van der Waals surface area contributed by atoms with Crippen molar-refractivity contribution in [3.63, 3.8) is 0 Å². The average Bonchev–Trinajstić information content (AvgIpc) is 3.31. The second-order valence-corrected chi connectivity index (χ2v) is 6.10. The van der Waals surface area contributed by atoms with Crippen molar-refractivity contribution >= 4 is 28.3 Å². The Labute approximate surface area is 145 Å². The zero-order valence-electron chi connectivity index (χ0n) is 14.1. The van der Waals surface area contributed by atoms with Crippen LogP contribution in [0, 0.1) is 0 Å². The molecule has 0 saturated carbocycles. The van der Waals surface area contributed by atoms with E-state index in [2.05, 4.69) is 33.2 Å². The van der Waals surface area contributed by atoms with Crippen LogP contribution >= 0.6 is 0 Å². The van der Waals surface area contributed by atoms with E-state index >= 15 is 0 Å².